The smallest absolute Gasteiger partial charge is 0.173 e. The maximum absolute atomic E-state index is 12.1. The molecule has 6 heteroatoms. The summed E-state index contributed by atoms with van der Waals surface area (Å²) in [5.41, 5.74) is 2.43. The molecule has 3 nitrogen and oxygen atoms in total. The number of hydrogen-bond donors (Lipinski definition) is 0. The van der Waals surface area contributed by atoms with Crippen molar-refractivity contribution in [2.45, 2.75) is 5.03 Å². The van der Waals surface area contributed by atoms with Gasteiger partial charge in [0.2, 0.25) is 0 Å². The summed E-state index contributed by atoms with van der Waals surface area (Å²) in [4.78, 5) is 12.1. The molecule has 0 aliphatic rings. The number of carbonyl (C=O) groups is 1. The van der Waals surface area contributed by atoms with E-state index < -0.39 is 0 Å². The monoisotopic (exact) mass is 418 g/mol. The van der Waals surface area contributed by atoms with Crippen LogP contribution < -0.4 is 0 Å². The highest BCUT2D eigenvalue weighted by Crippen LogP contribution is 2.23. The Kier molecular flexibility index (Phi) is 5.66. The molecule has 1 aromatic heterocycles. The van der Waals surface area contributed by atoms with E-state index in [1.807, 2.05) is 36.4 Å². The quantitative estimate of drug-likeness (QED) is 0.402. The number of halogens is 2. The minimum Gasteiger partial charge on any atom is -0.293 e. The number of rotatable bonds is 5. The predicted octanol–water partition coefficient (Wildman–Crippen LogP) is 5.53. The maximum atomic E-state index is 12.1. The second kappa shape index (κ2) is 7.92. The van der Waals surface area contributed by atoms with Crippen LogP contribution >= 0.6 is 39.3 Å². The molecule has 3 aromatic rings. The van der Waals surface area contributed by atoms with E-state index in [4.69, 9.17) is 11.6 Å². The average Bonchev–Trinajstić information content (AvgIpc) is 2.61. The standard InChI is InChI=1S/C18H12BrClN2OS/c19-14-3-1-2-13(10-14)16-8-9-18(22-21-16)24-11-17(23)12-4-6-15(20)7-5-12/h1-10H,11H2. The molecule has 120 valence electrons. The zero-order valence-corrected chi connectivity index (χ0v) is 15.6. The van der Waals surface area contributed by atoms with Gasteiger partial charge in [-0.15, -0.1) is 10.2 Å². The second-order valence-corrected chi connectivity index (χ2v) is 7.33. The first-order valence-electron chi connectivity index (χ1n) is 7.13. The summed E-state index contributed by atoms with van der Waals surface area (Å²) in [7, 11) is 0. The zero-order valence-electron chi connectivity index (χ0n) is 12.4. The number of hydrogen-bond acceptors (Lipinski definition) is 4. The van der Waals surface area contributed by atoms with E-state index in [2.05, 4.69) is 26.1 Å². The molecular weight excluding hydrogens is 408 g/mol. The van der Waals surface area contributed by atoms with Gasteiger partial charge < -0.3 is 0 Å². The first-order valence-corrected chi connectivity index (χ1v) is 9.29. The van der Waals surface area contributed by atoms with Crippen LogP contribution in [0.15, 0.2) is 70.2 Å². The number of nitrogens with zero attached hydrogens (tertiary/aromatic N) is 2. The first kappa shape index (κ1) is 17.1. The Hall–Kier alpha value is -1.69. The third kappa shape index (κ3) is 4.44. The van der Waals surface area contributed by atoms with Crippen LogP contribution in [0.1, 0.15) is 10.4 Å². The van der Waals surface area contributed by atoms with E-state index in [0.717, 1.165) is 20.8 Å². The minimum atomic E-state index is 0.0366. The van der Waals surface area contributed by atoms with Crippen molar-refractivity contribution in [1.82, 2.24) is 10.2 Å². The fourth-order valence-electron chi connectivity index (χ4n) is 2.06. The van der Waals surface area contributed by atoms with E-state index >= 15 is 0 Å². The van der Waals surface area contributed by atoms with Gasteiger partial charge in [0.05, 0.1) is 11.4 Å². The van der Waals surface area contributed by atoms with E-state index in [0.29, 0.717) is 16.3 Å². The minimum absolute atomic E-state index is 0.0366. The fourth-order valence-corrected chi connectivity index (χ4v) is 3.29. The highest BCUT2D eigenvalue weighted by molar-refractivity contribution is 9.10. The molecule has 0 spiro atoms. The van der Waals surface area contributed by atoms with E-state index in [9.17, 15) is 4.79 Å². The Labute approximate surface area is 157 Å². The van der Waals surface area contributed by atoms with Gasteiger partial charge in [-0.05, 0) is 48.5 Å². The molecular formula is C18H12BrClN2OS. The molecule has 0 unspecified atom stereocenters. The van der Waals surface area contributed by atoms with Crippen molar-refractivity contribution < 1.29 is 4.79 Å². The summed E-state index contributed by atoms with van der Waals surface area (Å²) in [5.74, 6) is 0.349. The molecule has 0 atom stereocenters. The molecule has 0 saturated heterocycles. The van der Waals surface area contributed by atoms with E-state index in [1.54, 1.807) is 24.3 Å². The largest absolute Gasteiger partial charge is 0.293 e. The molecule has 0 aliphatic carbocycles. The van der Waals surface area contributed by atoms with Crippen LogP contribution in [-0.4, -0.2) is 21.7 Å². The fraction of sp³-hybridized carbons (Fsp3) is 0.0556. The first-order chi connectivity index (χ1) is 11.6. The van der Waals surface area contributed by atoms with Crippen molar-refractivity contribution in [1.29, 1.82) is 0 Å². The lowest BCUT2D eigenvalue weighted by Gasteiger charge is -2.03. The molecule has 24 heavy (non-hydrogen) atoms. The van der Waals surface area contributed by atoms with Gasteiger partial charge in [-0.25, -0.2) is 0 Å². The summed E-state index contributed by atoms with van der Waals surface area (Å²) in [6, 6.07) is 18.6. The molecule has 1 heterocycles. The molecule has 0 aliphatic heterocycles. The average molecular weight is 420 g/mol. The number of Topliss-reactive ketones (excluding diaryl/α,β-unsaturated/α-hetero) is 1. The van der Waals surface area contributed by atoms with Gasteiger partial charge in [-0.1, -0.05) is 51.4 Å². The number of carbonyl (C=O) groups excluding carboxylic acids is 1. The molecule has 0 fully saturated rings. The Morgan fingerprint density at radius 1 is 1.04 bits per heavy atom. The van der Waals surface area contributed by atoms with Gasteiger partial charge in [-0.2, -0.15) is 0 Å². The maximum Gasteiger partial charge on any atom is 0.173 e. The summed E-state index contributed by atoms with van der Waals surface area (Å²) in [6.45, 7) is 0. The van der Waals surface area contributed by atoms with Crippen molar-refractivity contribution in [3.8, 4) is 11.3 Å². The van der Waals surface area contributed by atoms with Crippen molar-refractivity contribution in [2.24, 2.45) is 0 Å². The predicted molar refractivity (Wildman–Crippen MR) is 102 cm³/mol. The second-order valence-electron chi connectivity index (χ2n) is 4.99. The summed E-state index contributed by atoms with van der Waals surface area (Å²) >= 11 is 10.6. The third-order valence-corrected chi connectivity index (χ3v) is 4.94. The van der Waals surface area contributed by atoms with Crippen LogP contribution in [0.3, 0.4) is 0 Å². The Balaban J connectivity index is 1.64. The zero-order chi connectivity index (χ0) is 16.9. The Bertz CT molecular complexity index is 854. The lowest BCUT2D eigenvalue weighted by molar-refractivity contribution is 0.102. The van der Waals surface area contributed by atoms with Gasteiger partial charge in [0.1, 0.15) is 5.03 Å². The third-order valence-electron chi connectivity index (χ3n) is 3.28. The molecule has 3 rings (SSSR count). The number of benzene rings is 2. The summed E-state index contributed by atoms with van der Waals surface area (Å²) in [6.07, 6.45) is 0. The van der Waals surface area contributed by atoms with Gasteiger partial charge in [0.25, 0.3) is 0 Å². The Morgan fingerprint density at radius 3 is 2.50 bits per heavy atom. The van der Waals surface area contributed by atoms with Gasteiger partial charge in [0, 0.05) is 20.6 Å². The van der Waals surface area contributed by atoms with Crippen LogP contribution in [-0.2, 0) is 0 Å². The van der Waals surface area contributed by atoms with Gasteiger partial charge >= 0.3 is 0 Å². The lowest BCUT2D eigenvalue weighted by atomic mass is 10.1. The summed E-state index contributed by atoms with van der Waals surface area (Å²) < 4.78 is 0.994. The molecule has 0 amide bonds. The lowest BCUT2D eigenvalue weighted by Crippen LogP contribution is -2.02. The van der Waals surface area contributed by atoms with E-state index in [1.165, 1.54) is 11.8 Å². The van der Waals surface area contributed by atoms with Crippen LogP contribution in [0.2, 0.25) is 5.02 Å². The van der Waals surface area contributed by atoms with Crippen molar-refractivity contribution >= 4 is 45.1 Å². The van der Waals surface area contributed by atoms with Crippen LogP contribution in [0.25, 0.3) is 11.3 Å². The Morgan fingerprint density at radius 2 is 1.83 bits per heavy atom. The van der Waals surface area contributed by atoms with Crippen LogP contribution in [0.5, 0.6) is 0 Å². The normalized spacial score (nSPS) is 10.6. The number of aromatic nitrogens is 2. The van der Waals surface area contributed by atoms with Gasteiger partial charge in [-0.3, -0.25) is 4.79 Å². The molecule has 0 N–H and O–H groups in total. The van der Waals surface area contributed by atoms with Crippen molar-refractivity contribution in [3.63, 3.8) is 0 Å². The molecule has 0 radical (unpaired) electrons. The van der Waals surface area contributed by atoms with Crippen LogP contribution in [0, 0.1) is 0 Å². The summed E-state index contributed by atoms with van der Waals surface area (Å²) in [5, 5.41) is 9.76. The number of thioether (sulfide) groups is 1. The van der Waals surface area contributed by atoms with Gasteiger partial charge in [0.15, 0.2) is 5.78 Å². The number of ketones is 1. The van der Waals surface area contributed by atoms with E-state index in [-0.39, 0.29) is 5.78 Å². The van der Waals surface area contributed by atoms with Crippen LogP contribution in [0.4, 0.5) is 0 Å². The SMILES string of the molecule is O=C(CSc1ccc(-c2cccc(Br)c2)nn1)c1ccc(Cl)cc1. The topological polar surface area (TPSA) is 42.9 Å². The van der Waals surface area contributed by atoms with Crippen molar-refractivity contribution in [3.05, 3.63) is 75.7 Å². The molecule has 2 aromatic carbocycles. The highest BCUT2D eigenvalue weighted by Gasteiger charge is 2.08. The van der Waals surface area contributed by atoms with Crippen molar-refractivity contribution in [2.75, 3.05) is 5.75 Å². The molecule has 0 saturated carbocycles. The molecule has 0 bridgehead atoms. The highest BCUT2D eigenvalue weighted by atomic mass is 79.9.